The largest absolute Gasteiger partial charge is 0.488 e. The molecular weight excluding hydrogens is 308 g/mol. The number of carbonyl (C=O) groups is 1. The predicted octanol–water partition coefficient (Wildman–Crippen LogP) is 4.12. The first-order valence-corrected chi connectivity index (χ1v) is 7.30. The maximum absolute atomic E-state index is 11.6. The summed E-state index contributed by atoms with van der Waals surface area (Å²) in [7, 11) is 0. The van der Waals surface area contributed by atoms with Crippen LogP contribution in [0.5, 0.6) is 5.75 Å². The predicted molar refractivity (Wildman–Crippen MR) is 79.5 cm³/mol. The third-order valence-electron chi connectivity index (χ3n) is 2.91. The highest BCUT2D eigenvalue weighted by Crippen LogP contribution is 2.29. The van der Waals surface area contributed by atoms with Crippen LogP contribution >= 0.6 is 15.9 Å². The Morgan fingerprint density at radius 2 is 2.00 bits per heavy atom. The van der Waals surface area contributed by atoms with Gasteiger partial charge in [0.05, 0.1) is 13.0 Å². The molecule has 0 saturated carbocycles. The van der Waals surface area contributed by atoms with Crippen LogP contribution in [0.25, 0.3) is 0 Å². The van der Waals surface area contributed by atoms with Gasteiger partial charge in [0.15, 0.2) is 0 Å². The van der Waals surface area contributed by atoms with Crippen LogP contribution in [0.1, 0.15) is 39.7 Å². The molecule has 0 amide bonds. The van der Waals surface area contributed by atoms with E-state index >= 15 is 0 Å². The van der Waals surface area contributed by atoms with E-state index in [1.54, 1.807) is 6.92 Å². The molecule has 106 valence electrons. The fourth-order valence-electron chi connectivity index (χ4n) is 1.51. The standard InChI is InChI=1S/C15H21BrO3/c1-5-15(3,4)19-13-10-12(16)8-7-11(13)9-14(17)18-6-2/h7-8,10H,5-6,9H2,1-4H3. The second-order valence-electron chi connectivity index (χ2n) is 4.95. The van der Waals surface area contributed by atoms with Crippen LogP contribution < -0.4 is 4.74 Å². The number of benzene rings is 1. The monoisotopic (exact) mass is 328 g/mol. The highest BCUT2D eigenvalue weighted by atomic mass is 79.9. The zero-order valence-electron chi connectivity index (χ0n) is 12.0. The van der Waals surface area contributed by atoms with Gasteiger partial charge in [-0.25, -0.2) is 0 Å². The van der Waals surface area contributed by atoms with Gasteiger partial charge in [-0.2, -0.15) is 0 Å². The number of hydrogen-bond acceptors (Lipinski definition) is 3. The minimum absolute atomic E-state index is 0.232. The smallest absolute Gasteiger partial charge is 0.310 e. The van der Waals surface area contributed by atoms with Crippen LogP contribution in [-0.2, 0) is 16.0 Å². The minimum atomic E-state index is -0.260. The first-order chi connectivity index (χ1) is 8.88. The molecule has 0 aromatic heterocycles. The van der Waals surface area contributed by atoms with Crippen molar-refractivity contribution in [3.05, 3.63) is 28.2 Å². The van der Waals surface area contributed by atoms with E-state index in [2.05, 4.69) is 22.9 Å². The molecule has 1 rings (SSSR count). The van der Waals surface area contributed by atoms with E-state index in [9.17, 15) is 4.79 Å². The van der Waals surface area contributed by atoms with Gasteiger partial charge in [0.2, 0.25) is 0 Å². The van der Waals surface area contributed by atoms with Gasteiger partial charge < -0.3 is 9.47 Å². The Hall–Kier alpha value is -1.03. The van der Waals surface area contributed by atoms with Gasteiger partial charge in [-0.1, -0.05) is 28.9 Å². The molecule has 0 aliphatic rings. The Morgan fingerprint density at radius 3 is 2.58 bits per heavy atom. The molecule has 0 aliphatic heterocycles. The average Bonchev–Trinajstić information content (AvgIpc) is 2.33. The number of rotatable bonds is 6. The van der Waals surface area contributed by atoms with Crippen molar-refractivity contribution < 1.29 is 14.3 Å². The third-order valence-corrected chi connectivity index (χ3v) is 3.40. The molecule has 0 radical (unpaired) electrons. The first-order valence-electron chi connectivity index (χ1n) is 6.51. The highest BCUT2D eigenvalue weighted by Gasteiger charge is 2.20. The summed E-state index contributed by atoms with van der Waals surface area (Å²) in [6, 6.07) is 5.69. The normalized spacial score (nSPS) is 11.2. The second-order valence-corrected chi connectivity index (χ2v) is 5.86. The molecule has 0 fully saturated rings. The Bertz CT molecular complexity index is 441. The SMILES string of the molecule is CCOC(=O)Cc1ccc(Br)cc1OC(C)(C)CC. The lowest BCUT2D eigenvalue weighted by atomic mass is 10.1. The highest BCUT2D eigenvalue weighted by molar-refractivity contribution is 9.10. The zero-order valence-corrected chi connectivity index (χ0v) is 13.5. The molecule has 4 heteroatoms. The van der Waals surface area contributed by atoms with E-state index < -0.39 is 0 Å². The summed E-state index contributed by atoms with van der Waals surface area (Å²) in [5, 5.41) is 0. The lowest BCUT2D eigenvalue weighted by molar-refractivity contribution is -0.142. The quantitative estimate of drug-likeness (QED) is 0.737. The minimum Gasteiger partial charge on any atom is -0.488 e. The molecule has 0 N–H and O–H groups in total. The molecule has 19 heavy (non-hydrogen) atoms. The Labute approximate surface area is 123 Å². The number of carbonyl (C=O) groups excluding carboxylic acids is 1. The van der Waals surface area contributed by atoms with Gasteiger partial charge in [-0.05, 0) is 39.3 Å². The molecule has 1 aromatic rings. The second kappa shape index (κ2) is 6.94. The van der Waals surface area contributed by atoms with Crippen LogP contribution in [0.4, 0.5) is 0 Å². The van der Waals surface area contributed by atoms with E-state index in [1.807, 2.05) is 32.0 Å². The van der Waals surface area contributed by atoms with E-state index in [-0.39, 0.29) is 18.0 Å². The fourth-order valence-corrected chi connectivity index (χ4v) is 1.85. The summed E-state index contributed by atoms with van der Waals surface area (Å²) >= 11 is 3.43. The van der Waals surface area contributed by atoms with Crippen molar-refractivity contribution in [3.8, 4) is 5.75 Å². The fraction of sp³-hybridized carbons (Fsp3) is 0.533. The van der Waals surface area contributed by atoms with Crippen molar-refractivity contribution in [2.75, 3.05) is 6.61 Å². The maximum Gasteiger partial charge on any atom is 0.310 e. The van der Waals surface area contributed by atoms with Crippen molar-refractivity contribution in [2.45, 2.75) is 46.1 Å². The van der Waals surface area contributed by atoms with Crippen molar-refractivity contribution in [1.82, 2.24) is 0 Å². The number of esters is 1. The molecule has 0 spiro atoms. The Kier molecular flexibility index (Phi) is 5.85. The van der Waals surface area contributed by atoms with Gasteiger partial charge in [0.25, 0.3) is 0 Å². The number of hydrogen-bond donors (Lipinski definition) is 0. The molecule has 0 bridgehead atoms. The van der Waals surface area contributed by atoms with E-state index in [0.717, 1.165) is 22.2 Å². The van der Waals surface area contributed by atoms with Gasteiger partial charge in [-0.3, -0.25) is 4.79 Å². The van der Waals surface area contributed by atoms with Gasteiger partial charge in [-0.15, -0.1) is 0 Å². The van der Waals surface area contributed by atoms with E-state index in [0.29, 0.717) is 6.61 Å². The Balaban J connectivity index is 2.94. The molecule has 0 heterocycles. The molecule has 3 nitrogen and oxygen atoms in total. The average molecular weight is 329 g/mol. The van der Waals surface area contributed by atoms with Gasteiger partial charge >= 0.3 is 5.97 Å². The summed E-state index contributed by atoms with van der Waals surface area (Å²) in [6.07, 6.45) is 1.12. The molecule has 0 unspecified atom stereocenters. The summed E-state index contributed by atoms with van der Waals surface area (Å²) in [4.78, 5) is 11.6. The lowest BCUT2D eigenvalue weighted by Gasteiger charge is -2.26. The number of ether oxygens (including phenoxy) is 2. The van der Waals surface area contributed by atoms with Crippen LogP contribution in [-0.4, -0.2) is 18.2 Å². The van der Waals surface area contributed by atoms with Gasteiger partial charge in [0, 0.05) is 10.0 Å². The first kappa shape index (κ1) is 16.0. The summed E-state index contributed by atoms with van der Waals surface area (Å²) < 4.78 is 11.9. The van der Waals surface area contributed by atoms with Gasteiger partial charge in [0.1, 0.15) is 11.4 Å². The maximum atomic E-state index is 11.6. The molecule has 0 aliphatic carbocycles. The van der Waals surface area contributed by atoms with Crippen LogP contribution in [0.2, 0.25) is 0 Å². The van der Waals surface area contributed by atoms with Crippen molar-refractivity contribution >= 4 is 21.9 Å². The van der Waals surface area contributed by atoms with Crippen LogP contribution in [0, 0.1) is 0 Å². The number of halogens is 1. The van der Waals surface area contributed by atoms with Crippen molar-refractivity contribution in [2.24, 2.45) is 0 Å². The van der Waals surface area contributed by atoms with E-state index in [1.165, 1.54) is 0 Å². The summed E-state index contributed by atoms with van der Waals surface area (Å²) in [5.74, 6) is 0.498. The summed E-state index contributed by atoms with van der Waals surface area (Å²) in [5.41, 5.74) is 0.590. The zero-order chi connectivity index (χ0) is 14.5. The molecule has 1 aromatic carbocycles. The van der Waals surface area contributed by atoms with Crippen LogP contribution in [0.3, 0.4) is 0 Å². The summed E-state index contributed by atoms with van der Waals surface area (Å²) in [6.45, 7) is 8.33. The van der Waals surface area contributed by atoms with Crippen LogP contribution in [0.15, 0.2) is 22.7 Å². The molecule has 0 atom stereocenters. The third kappa shape index (κ3) is 5.23. The molecular formula is C15H21BrO3. The lowest BCUT2D eigenvalue weighted by Crippen LogP contribution is -2.27. The van der Waals surface area contributed by atoms with Crippen molar-refractivity contribution in [1.29, 1.82) is 0 Å². The topological polar surface area (TPSA) is 35.5 Å². The van der Waals surface area contributed by atoms with E-state index in [4.69, 9.17) is 9.47 Å². The van der Waals surface area contributed by atoms with Crippen molar-refractivity contribution in [3.63, 3.8) is 0 Å². The molecule has 0 saturated heterocycles. The Morgan fingerprint density at radius 1 is 1.32 bits per heavy atom.